The first-order valence-corrected chi connectivity index (χ1v) is 10.4. The van der Waals surface area contributed by atoms with Crippen molar-refractivity contribution in [3.63, 3.8) is 0 Å². The maximum atomic E-state index is 12.6. The molecule has 0 amide bonds. The van der Waals surface area contributed by atoms with E-state index >= 15 is 0 Å². The van der Waals surface area contributed by atoms with E-state index in [2.05, 4.69) is 0 Å². The summed E-state index contributed by atoms with van der Waals surface area (Å²) in [7, 11) is 3.02. The number of methoxy groups -OCH3 is 2. The van der Waals surface area contributed by atoms with Crippen molar-refractivity contribution in [2.75, 3.05) is 54.2 Å². The lowest BCUT2D eigenvalue weighted by Crippen LogP contribution is -2.18. The lowest BCUT2D eigenvalue weighted by atomic mass is 10.0. The van der Waals surface area contributed by atoms with Crippen LogP contribution in [0.25, 0.3) is 0 Å². The smallest absolute Gasteiger partial charge is 0.341 e. The molecule has 0 saturated heterocycles. The van der Waals surface area contributed by atoms with E-state index in [1.165, 1.54) is 32.4 Å². The second kappa shape index (κ2) is 15.5. The molecule has 0 radical (unpaired) electrons. The van der Waals surface area contributed by atoms with Crippen molar-refractivity contribution in [3.8, 4) is 0 Å². The SMILES string of the molecule is COCCOCOC(=O)c1ccc(C(=O)OCc2ccccc2)cc1C(=O)OCOCCOC. The zero-order chi connectivity index (χ0) is 24.6. The van der Waals surface area contributed by atoms with E-state index in [4.69, 9.17) is 33.2 Å². The van der Waals surface area contributed by atoms with Crippen LogP contribution < -0.4 is 0 Å². The fourth-order valence-corrected chi connectivity index (χ4v) is 2.57. The highest BCUT2D eigenvalue weighted by atomic mass is 16.7. The highest BCUT2D eigenvalue weighted by Crippen LogP contribution is 2.17. The summed E-state index contributed by atoms with van der Waals surface area (Å²) in [5.74, 6) is -2.37. The molecule has 0 aromatic heterocycles. The predicted molar refractivity (Wildman–Crippen MR) is 118 cm³/mol. The van der Waals surface area contributed by atoms with Crippen LogP contribution in [0.15, 0.2) is 48.5 Å². The largest absolute Gasteiger partial charge is 0.457 e. The van der Waals surface area contributed by atoms with Crippen LogP contribution in [0.5, 0.6) is 0 Å². The molecule has 0 aliphatic carbocycles. The van der Waals surface area contributed by atoms with E-state index in [9.17, 15) is 14.4 Å². The number of benzene rings is 2. The number of carbonyl (C=O) groups excluding carboxylic acids is 3. The molecule has 10 heteroatoms. The van der Waals surface area contributed by atoms with Gasteiger partial charge in [-0.2, -0.15) is 0 Å². The first-order valence-electron chi connectivity index (χ1n) is 10.4. The van der Waals surface area contributed by atoms with Gasteiger partial charge in [-0.1, -0.05) is 30.3 Å². The topological polar surface area (TPSA) is 116 Å². The molecule has 0 aliphatic heterocycles. The van der Waals surface area contributed by atoms with E-state index in [0.717, 1.165) is 5.56 Å². The van der Waals surface area contributed by atoms with Crippen molar-refractivity contribution in [1.82, 2.24) is 0 Å². The van der Waals surface area contributed by atoms with Gasteiger partial charge in [0.05, 0.1) is 43.1 Å². The van der Waals surface area contributed by atoms with Crippen molar-refractivity contribution in [3.05, 3.63) is 70.8 Å². The van der Waals surface area contributed by atoms with Crippen LogP contribution >= 0.6 is 0 Å². The van der Waals surface area contributed by atoms with Crippen molar-refractivity contribution >= 4 is 17.9 Å². The van der Waals surface area contributed by atoms with E-state index in [-0.39, 0.29) is 50.1 Å². The van der Waals surface area contributed by atoms with E-state index in [1.807, 2.05) is 30.3 Å². The Morgan fingerprint density at radius 2 is 1.24 bits per heavy atom. The maximum absolute atomic E-state index is 12.6. The Labute approximate surface area is 197 Å². The Balaban J connectivity index is 2.10. The summed E-state index contributed by atoms with van der Waals surface area (Å²) in [5, 5.41) is 0. The van der Waals surface area contributed by atoms with Crippen LogP contribution in [0, 0.1) is 0 Å². The molecule has 0 unspecified atom stereocenters. The van der Waals surface area contributed by atoms with Crippen molar-refractivity contribution in [2.24, 2.45) is 0 Å². The van der Waals surface area contributed by atoms with E-state index < -0.39 is 17.9 Å². The molecule has 34 heavy (non-hydrogen) atoms. The van der Waals surface area contributed by atoms with Crippen molar-refractivity contribution < 1.29 is 47.5 Å². The molecule has 0 spiro atoms. The quantitative estimate of drug-likeness (QED) is 0.164. The van der Waals surface area contributed by atoms with Crippen LogP contribution in [0.1, 0.15) is 36.6 Å². The van der Waals surface area contributed by atoms with Crippen LogP contribution in [-0.4, -0.2) is 72.1 Å². The summed E-state index contributed by atoms with van der Waals surface area (Å²) >= 11 is 0. The van der Waals surface area contributed by atoms with Gasteiger partial charge in [-0.3, -0.25) is 0 Å². The molecule has 2 aromatic rings. The van der Waals surface area contributed by atoms with Gasteiger partial charge in [-0.25, -0.2) is 14.4 Å². The van der Waals surface area contributed by atoms with Gasteiger partial charge in [0.15, 0.2) is 13.6 Å². The molecular formula is C24H28O10. The normalized spacial score (nSPS) is 10.5. The number of hydrogen-bond acceptors (Lipinski definition) is 10. The van der Waals surface area contributed by atoms with Crippen molar-refractivity contribution in [2.45, 2.75) is 6.61 Å². The third kappa shape index (κ3) is 9.28. The summed E-state index contributed by atoms with van der Waals surface area (Å²) in [6, 6.07) is 13.0. The Bertz CT molecular complexity index is 913. The minimum absolute atomic E-state index is 0.0510. The second-order valence-electron chi connectivity index (χ2n) is 6.72. The minimum atomic E-state index is -0.873. The Hall–Kier alpha value is -3.31. The molecule has 0 bridgehead atoms. The number of hydrogen-bond donors (Lipinski definition) is 0. The molecule has 0 heterocycles. The molecule has 10 nitrogen and oxygen atoms in total. The van der Waals surface area contributed by atoms with Gasteiger partial charge >= 0.3 is 17.9 Å². The van der Waals surface area contributed by atoms with Crippen LogP contribution in [0.2, 0.25) is 0 Å². The fraction of sp³-hybridized carbons (Fsp3) is 0.375. The number of esters is 3. The van der Waals surface area contributed by atoms with Gasteiger partial charge in [-0.15, -0.1) is 0 Å². The van der Waals surface area contributed by atoms with E-state index in [1.54, 1.807) is 0 Å². The van der Waals surface area contributed by atoms with Gasteiger partial charge in [0.25, 0.3) is 0 Å². The van der Waals surface area contributed by atoms with Gasteiger partial charge in [-0.05, 0) is 23.8 Å². The summed E-state index contributed by atoms with van der Waals surface area (Å²) in [4.78, 5) is 37.7. The standard InChI is InChI=1S/C24H28O10/c1-28-10-12-30-16-33-23(26)20-9-8-19(22(25)32-15-18-6-4-3-5-7-18)14-21(20)24(27)34-17-31-13-11-29-2/h3-9,14H,10-13,15-17H2,1-2H3. The Morgan fingerprint density at radius 1 is 0.647 bits per heavy atom. The van der Waals surface area contributed by atoms with Gasteiger partial charge in [0.1, 0.15) is 6.61 Å². The number of ether oxygens (including phenoxy) is 7. The third-order valence-corrected chi connectivity index (χ3v) is 4.32. The highest BCUT2D eigenvalue weighted by Gasteiger charge is 2.22. The average molecular weight is 476 g/mol. The molecule has 0 fully saturated rings. The molecular weight excluding hydrogens is 448 g/mol. The molecule has 0 N–H and O–H groups in total. The lowest BCUT2D eigenvalue weighted by molar-refractivity contribution is -0.0461. The molecule has 0 aliphatic rings. The Kier molecular flexibility index (Phi) is 12.3. The zero-order valence-electron chi connectivity index (χ0n) is 19.2. The van der Waals surface area contributed by atoms with Crippen LogP contribution in [-0.2, 0) is 39.8 Å². The third-order valence-electron chi connectivity index (χ3n) is 4.32. The number of rotatable bonds is 15. The van der Waals surface area contributed by atoms with E-state index in [0.29, 0.717) is 13.2 Å². The fourth-order valence-electron chi connectivity index (χ4n) is 2.57. The second-order valence-corrected chi connectivity index (χ2v) is 6.72. The van der Waals surface area contributed by atoms with Crippen molar-refractivity contribution in [1.29, 1.82) is 0 Å². The van der Waals surface area contributed by atoms with Crippen LogP contribution in [0.4, 0.5) is 0 Å². The molecule has 2 rings (SSSR count). The summed E-state index contributed by atoms with van der Waals surface area (Å²) < 4.78 is 35.3. The molecule has 2 aromatic carbocycles. The molecule has 184 valence electrons. The molecule has 0 atom stereocenters. The summed E-state index contributed by atoms with van der Waals surface area (Å²) in [6.07, 6.45) is 0. The van der Waals surface area contributed by atoms with Gasteiger partial charge < -0.3 is 33.2 Å². The minimum Gasteiger partial charge on any atom is -0.457 e. The first kappa shape index (κ1) is 26.9. The first-order chi connectivity index (χ1) is 16.6. The van der Waals surface area contributed by atoms with Crippen LogP contribution in [0.3, 0.4) is 0 Å². The monoisotopic (exact) mass is 476 g/mol. The summed E-state index contributed by atoms with van der Waals surface area (Å²) in [5.41, 5.74) is 0.594. The van der Waals surface area contributed by atoms with Gasteiger partial charge in [0.2, 0.25) is 0 Å². The zero-order valence-corrected chi connectivity index (χ0v) is 19.2. The summed E-state index contributed by atoms with van der Waals surface area (Å²) in [6.45, 7) is 0.443. The Morgan fingerprint density at radius 3 is 1.82 bits per heavy atom. The maximum Gasteiger partial charge on any atom is 0.341 e. The predicted octanol–water partition coefficient (Wildman–Crippen LogP) is 2.60. The number of carbonyl (C=O) groups is 3. The average Bonchev–Trinajstić information content (AvgIpc) is 2.87. The van der Waals surface area contributed by atoms with Gasteiger partial charge in [0, 0.05) is 14.2 Å². The molecule has 0 saturated carbocycles. The highest BCUT2D eigenvalue weighted by molar-refractivity contribution is 6.05. The lowest BCUT2D eigenvalue weighted by Gasteiger charge is -2.12.